The van der Waals surface area contributed by atoms with E-state index >= 15 is 0 Å². The minimum atomic E-state index is -0.478. The zero-order chi connectivity index (χ0) is 22.0. The molecule has 0 bridgehead atoms. The number of amides is 1. The molecule has 0 atom stereocenters. The molecule has 1 N–H and O–H groups in total. The smallest absolute Gasteiger partial charge is 0.337 e. The fourth-order valence-corrected chi connectivity index (χ4v) is 3.39. The van der Waals surface area contributed by atoms with Gasteiger partial charge >= 0.3 is 5.97 Å². The van der Waals surface area contributed by atoms with Crippen molar-refractivity contribution in [2.45, 2.75) is 6.92 Å². The number of halogens is 1. The Kier molecular flexibility index (Phi) is 5.64. The monoisotopic (exact) mass is 431 g/mol. The van der Waals surface area contributed by atoms with E-state index in [2.05, 4.69) is 15.3 Å². The first kappa shape index (κ1) is 20.5. The number of carbonyl (C=O) groups excluding carboxylic acids is 2. The first-order chi connectivity index (χ1) is 15.0. The van der Waals surface area contributed by atoms with Gasteiger partial charge in [-0.25, -0.2) is 9.78 Å². The number of nitrogens with zero attached hydrogens (tertiary/aromatic N) is 2. The van der Waals surface area contributed by atoms with Crippen LogP contribution in [0.15, 0.2) is 66.9 Å². The van der Waals surface area contributed by atoms with Gasteiger partial charge in [0, 0.05) is 22.3 Å². The average molecular weight is 432 g/mol. The van der Waals surface area contributed by atoms with Crippen LogP contribution in [0, 0.1) is 6.92 Å². The van der Waals surface area contributed by atoms with Crippen LogP contribution >= 0.6 is 11.6 Å². The van der Waals surface area contributed by atoms with Gasteiger partial charge in [0.15, 0.2) is 0 Å². The quantitative estimate of drug-likeness (QED) is 0.443. The van der Waals surface area contributed by atoms with Crippen LogP contribution in [0.2, 0.25) is 5.02 Å². The number of benzene rings is 2. The van der Waals surface area contributed by atoms with Crippen LogP contribution in [0.5, 0.6) is 0 Å². The maximum atomic E-state index is 13.3. The molecular weight excluding hydrogens is 414 g/mol. The minimum Gasteiger partial charge on any atom is -0.465 e. The molecule has 0 unspecified atom stereocenters. The van der Waals surface area contributed by atoms with Gasteiger partial charge in [-0.15, -0.1) is 0 Å². The zero-order valence-electron chi connectivity index (χ0n) is 16.8. The molecule has 0 saturated carbocycles. The number of hydrogen-bond acceptors (Lipinski definition) is 5. The highest BCUT2D eigenvalue weighted by Gasteiger charge is 2.17. The van der Waals surface area contributed by atoms with E-state index in [0.29, 0.717) is 44.1 Å². The van der Waals surface area contributed by atoms with Gasteiger partial charge in [0.2, 0.25) is 0 Å². The predicted octanol–water partition coefficient (Wildman–Crippen LogP) is 5.30. The number of carbonyl (C=O) groups is 2. The normalized spacial score (nSPS) is 10.7. The lowest BCUT2D eigenvalue weighted by atomic mass is 10.0. The van der Waals surface area contributed by atoms with Crippen molar-refractivity contribution in [2.75, 3.05) is 12.4 Å². The molecule has 2 aromatic carbocycles. The Morgan fingerprint density at radius 2 is 1.84 bits per heavy atom. The lowest BCUT2D eigenvalue weighted by Gasteiger charge is -2.13. The van der Waals surface area contributed by atoms with E-state index in [1.165, 1.54) is 7.11 Å². The Hall–Kier alpha value is -3.77. The summed E-state index contributed by atoms with van der Waals surface area (Å²) in [5.74, 6) is -0.828. The molecule has 6 nitrogen and oxygen atoms in total. The fraction of sp³-hybridized carbons (Fsp3) is 0.0833. The van der Waals surface area contributed by atoms with Crippen molar-refractivity contribution < 1.29 is 14.3 Å². The van der Waals surface area contributed by atoms with E-state index in [0.717, 1.165) is 5.56 Å². The molecule has 4 aromatic rings. The van der Waals surface area contributed by atoms with Crippen molar-refractivity contribution in [1.82, 2.24) is 9.97 Å². The van der Waals surface area contributed by atoms with Gasteiger partial charge in [-0.3, -0.25) is 9.78 Å². The number of ether oxygens (including phenoxy) is 1. The molecule has 4 rings (SSSR count). The largest absolute Gasteiger partial charge is 0.465 e. The highest BCUT2D eigenvalue weighted by atomic mass is 35.5. The lowest BCUT2D eigenvalue weighted by Crippen LogP contribution is -2.15. The molecular formula is C24H18ClN3O3. The lowest BCUT2D eigenvalue weighted by molar-refractivity contribution is 0.0600. The SMILES string of the molecule is COC(=O)c1ccc(C)c(NC(=O)c2cc(-c3ccccn3)nc3ccc(Cl)cc23)c1. The number of pyridine rings is 2. The van der Waals surface area contributed by atoms with Crippen molar-refractivity contribution in [3.63, 3.8) is 0 Å². The summed E-state index contributed by atoms with van der Waals surface area (Å²) in [5, 5.41) is 4.01. The van der Waals surface area contributed by atoms with Gasteiger partial charge in [0.05, 0.1) is 35.1 Å². The number of hydrogen-bond donors (Lipinski definition) is 1. The number of anilines is 1. The first-order valence-corrected chi connectivity index (χ1v) is 9.86. The predicted molar refractivity (Wildman–Crippen MR) is 120 cm³/mol. The molecule has 31 heavy (non-hydrogen) atoms. The third-order valence-electron chi connectivity index (χ3n) is 4.85. The highest BCUT2D eigenvalue weighted by Crippen LogP contribution is 2.27. The summed E-state index contributed by atoms with van der Waals surface area (Å²) >= 11 is 6.19. The van der Waals surface area contributed by atoms with Crippen molar-refractivity contribution in [3.8, 4) is 11.4 Å². The zero-order valence-corrected chi connectivity index (χ0v) is 17.6. The maximum absolute atomic E-state index is 13.3. The van der Waals surface area contributed by atoms with E-state index in [1.54, 1.807) is 48.7 Å². The number of methoxy groups -OCH3 is 1. The number of esters is 1. The topological polar surface area (TPSA) is 81.2 Å². The van der Waals surface area contributed by atoms with Gasteiger partial charge in [-0.2, -0.15) is 0 Å². The summed E-state index contributed by atoms with van der Waals surface area (Å²) in [6, 6.07) is 17.4. The fourth-order valence-electron chi connectivity index (χ4n) is 3.22. The Balaban J connectivity index is 1.80. The second-order valence-corrected chi connectivity index (χ2v) is 7.34. The Labute approximate surface area is 183 Å². The van der Waals surface area contributed by atoms with Crippen LogP contribution in [0.25, 0.3) is 22.3 Å². The molecule has 0 saturated heterocycles. The standard InChI is InChI=1S/C24H18ClN3O3/c1-14-6-7-15(24(30)31-2)11-21(14)28-23(29)18-13-22(20-5-3-4-10-26-20)27-19-9-8-16(25)12-17(18)19/h3-13H,1-2H3,(H,28,29). The molecule has 1 amide bonds. The van der Waals surface area contributed by atoms with E-state index < -0.39 is 5.97 Å². The molecule has 2 aromatic heterocycles. The second kappa shape index (κ2) is 8.53. The summed E-state index contributed by atoms with van der Waals surface area (Å²) in [6.07, 6.45) is 1.67. The third-order valence-corrected chi connectivity index (χ3v) is 5.08. The molecule has 0 aliphatic rings. The summed E-state index contributed by atoms with van der Waals surface area (Å²) in [7, 11) is 1.31. The van der Waals surface area contributed by atoms with Gasteiger partial charge in [0.1, 0.15) is 0 Å². The van der Waals surface area contributed by atoms with Crippen LogP contribution in [0.1, 0.15) is 26.3 Å². The molecule has 0 aliphatic carbocycles. The third kappa shape index (κ3) is 4.25. The van der Waals surface area contributed by atoms with E-state index in [9.17, 15) is 9.59 Å². The van der Waals surface area contributed by atoms with Crippen LogP contribution in [0.4, 0.5) is 5.69 Å². The summed E-state index contributed by atoms with van der Waals surface area (Å²) in [6.45, 7) is 1.84. The number of nitrogens with one attached hydrogen (secondary N) is 1. The Bertz CT molecular complexity index is 1310. The summed E-state index contributed by atoms with van der Waals surface area (Å²) in [5.41, 5.74) is 3.91. The van der Waals surface area contributed by atoms with Crippen LogP contribution in [0.3, 0.4) is 0 Å². The number of rotatable bonds is 4. The number of aromatic nitrogens is 2. The number of fused-ring (bicyclic) bond motifs is 1. The molecule has 7 heteroatoms. The summed E-state index contributed by atoms with van der Waals surface area (Å²) < 4.78 is 4.77. The van der Waals surface area contributed by atoms with Crippen molar-refractivity contribution in [2.24, 2.45) is 0 Å². The van der Waals surface area contributed by atoms with Crippen molar-refractivity contribution >= 4 is 40.1 Å². The van der Waals surface area contributed by atoms with Crippen LogP contribution in [-0.2, 0) is 4.74 Å². The van der Waals surface area contributed by atoms with E-state index in [1.807, 2.05) is 25.1 Å². The summed E-state index contributed by atoms with van der Waals surface area (Å²) in [4.78, 5) is 34.2. The molecule has 2 heterocycles. The molecule has 0 spiro atoms. The molecule has 0 aliphatic heterocycles. The minimum absolute atomic E-state index is 0.347. The van der Waals surface area contributed by atoms with E-state index in [4.69, 9.17) is 16.3 Å². The number of aryl methyl sites for hydroxylation is 1. The van der Waals surface area contributed by atoms with Gasteiger partial charge in [-0.05, 0) is 61.0 Å². The second-order valence-electron chi connectivity index (χ2n) is 6.91. The average Bonchev–Trinajstić information content (AvgIpc) is 2.79. The van der Waals surface area contributed by atoms with Crippen molar-refractivity contribution in [1.29, 1.82) is 0 Å². The highest BCUT2D eigenvalue weighted by molar-refractivity contribution is 6.31. The molecule has 0 fully saturated rings. The Morgan fingerprint density at radius 3 is 2.58 bits per heavy atom. The van der Waals surface area contributed by atoms with Crippen LogP contribution in [-0.4, -0.2) is 29.0 Å². The van der Waals surface area contributed by atoms with Gasteiger partial charge < -0.3 is 10.1 Å². The van der Waals surface area contributed by atoms with Crippen molar-refractivity contribution in [3.05, 3.63) is 88.6 Å². The Morgan fingerprint density at radius 1 is 1.00 bits per heavy atom. The van der Waals surface area contributed by atoms with Crippen LogP contribution < -0.4 is 5.32 Å². The molecule has 0 radical (unpaired) electrons. The first-order valence-electron chi connectivity index (χ1n) is 9.48. The molecule has 154 valence electrons. The van der Waals surface area contributed by atoms with Gasteiger partial charge in [-0.1, -0.05) is 23.7 Å². The van der Waals surface area contributed by atoms with Gasteiger partial charge in [0.25, 0.3) is 5.91 Å². The maximum Gasteiger partial charge on any atom is 0.337 e. The van der Waals surface area contributed by atoms with E-state index in [-0.39, 0.29) is 5.91 Å².